The van der Waals surface area contributed by atoms with Crippen molar-refractivity contribution in [2.24, 2.45) is 11.1 Å². The third-order valence-corrected chi connectivity index (χ3v) is 5.15. The maximum atomic E-state index is 15.0. The van der Waals surface area contributed by atoms with Crippen LogP contribution in [0.25, 0.3) is 0 Å². The van der Waals surface area contributed by atoms with Gasteiger partial charge < -0.3 is 20.1 Å². The molecule has 0 aromatic heterocycles. The summed E-state index contributed by atoms with van der Waals surface area (Å²) in [5, 5.41) is 0. The van der Waals surface area contributed by atoms with Gasteiger partial charge in [-0.15, -0.1) is 0 Å². The van der Waals surface area contributed by atoms with Gasteiger partial charge in [-0.05, 0) is 44.9 Å². The fourth-order valence-corrected chi connectivity index (χ4v) is 3.63. The highest BCUT2D eigenvalue weighted by molar-refractivity contribution is 6.05. The summed E-state index contributed by atoms with van der Waals surface area (Å²) in [5.41, 5.74) is 5.91. The lowest BCUT2D eigenvalue weighted by Crippen LogP contribution is -2.46. The Balaban J connectivity index is 0. The van der Waals surface area contributed by atoms with E-state index in [1.165, 1.54) is 26.2 Å². The average Bonchev–Trinajstić information content (AvgIpc) is 3.64. The summed E-state index contributed by atoms with van der Waals surface area (Å²) in [6, 6.07) is 1.14. The van der Waals surface area contributed by atoms with Gasteiger partial charge in [0.2, 0.25) is 5.91 Å². The number of nitrogens with zero attached hydrogens (tertiary/aromatic N) is 1. The Bertz CT molecular complexity index is 866. The molecule has 1 saturated heterocycles. The van der Waals surface area contributed by atoms with Gasteiger partial charge in [-0.25, -0.2) is 8.78 Å². The van der Waals surface area contributed by atoms with Gasteiger partial charge in [-0.3, -0.25) is 4.79 Å². The number of ether oxygens (including phenoxy) is 2. The molecule has 2 N–H and O–H groups in total. The molecule has 1 saturated carbocycles. The van der Waals surface area contributed by atoms with E-state index in [9.17, 15) is 13.6 Å². The number of methoxy groups -OCH3 is 2. The number of anilines is 1. The molecule has 0 atom stereocenters. The Hall–Kier alpha value is -2.67. The zero-order valence-corrected chi connectivity index (χ0v) is 21.6. The normalized spacial score (nSPS) is 17.8. The maximum Gasteiger partial charge on any atom is 0.238 e. The number of amides is 1. The van der Waals surface area contributed by atoms with Gasteiger partial charge >= 0.3 is 0 Å². The molecule has 1 amide bonds. The van der Waals surface area contributed by atoms with Crippen LogP contribution in [0.4, 0.5) is 14.5 Å². The van der Waals surface area contributed by atoms with Gasteiger partial charge in [-0.1, -0.05) is 52.0 Å². The average molecular weight is 469 g/mol. The summed E-state index contributed by atoms with van der Waals surface area (Å²) in [5.74, 6) is -2.49. The molecule has 7 heteroatoms. The zero-order valence-electron chi connectivity index (χ0n) is 21.6. The summed E-state index contributed by atoms with van der Waals surface area (Å²) in [7, 11) is 4.07. The SMILES string of the molecule is C=C(C)/C=C1\C(=C/C)CN(c2c(F)c(OC)cc(OC)c2F)C(=O)C12CC2.CC.CC.CN.[HH]. The molecule has 2 aliphatic rings. The molecule has 1 aliphatic heterocycles. The van der Waals surface area contributed by atoms with Gasteiger partial charge in [0.25, 0.3) is 0 Å². The van der Waals surface area contributed by atoms with Crippen molar-refractivity contribution in [2.45, 2.75) is 54.4 Å². The monoisotopic (exact) mass is 468 g/mol. The highest BCUT2D eigenvalue weighted by Gasteiger charge is 2.58. The number of benzene rings is 1. The Kier molecular flexibility index (Phi) is 12.7. The standard InChI is InChI=1S/C21H23F2NO3.2C2H6.CH5N.H2/c1-6-13-11-24(20(25)21(7-8-21)14(13)9-12(2)3)19-17(22)15(26-4)10-16(27-5)18(19)23;3*1-2;/h6,9-10H,2,7-8,11H2,1,3-5H3;2*1-2H3;2H2,1H3;1H/b13-6-,14-9+;;;;. The summed E-state index contributed by atoms with van der Waals surface area (Å²) < 4.78 is 39.9. The fourth-order valence-electron chi connectivity index (χ4n) is 3.63. The van der Waals surface area contributed by atoms with E-state index in [0.717, 1.165) is 22.8 Å². The van der Waals surface area contributed by atoms with E-state index in [1.807, 2.05) is 53.7 Å². The summed E-state index contributed by atoms with van der Waals surface area (Å²) >= 11 is 0. The van der Waals surface area contributed by atoms with Crippen molar-refractivity contribution in [1.82, 2.24) is 0 Å². The highest BCUT2D eigenvalue weighted by atomic mass is 19.1. The first-order valence-corrected chi connectivity index (χ1v) is 11.3. The van der Waals surface area contributed by atoms with Crippen LogP contribution < -0.4 is 20.1 Å². The van der Waals surface area contributed by atoms with Crippen LogP contribution in [0.3, 0.4) is 0 Å². The highest BCUT2D eigenvalue weighted by Crippen LogP contribution is 2.59. The van der Waals surface area contributed by atoms with E-state index in [-0.39, 0.29) is 25.4 Å². The second kappa shape index (κ2) is 13.8. The number of hydrogen-bond donors (Lipinski definition) is 1. The second-order valence-corrected chi connectivity index (χ2v) is 6.95. The van der Waals surface area contributed by atoms with Crippen molar-refractivity contribution < 1.29 is 24.5 Å². The van der Waals surface area contributed by atoms with Crippen LogP contribution in [0.2, 0.25) is 0 Å². The molecule has 1 aliphatic carbocycles. The molecule has 5 nitrogen and oxygen atoms in total. The van der Waals surface area contributed by atoms with Gasteiger partial charge in [-0.2, -0.15) is 0 Å². The number of hydrogen-bond acceptors (Lipinski definition) is 4. The van der Waals surface area contributed by atoms with Crippen molar-refractivity contribution in [3.8, 4) is 11.5 Å². The van der Waals surface area contributed by atoms with Gasteiger partial charge in [0, 0.05) is 7.49 Å². The first-order valence-electron chi connectivity index (χ1n) is 11.3. The van der Waals surface area contributed by atoms with Crippen LogP contribution in [0.5, 0.6) is 11.5 Å². The van der Waals surface area contributed by atoms with E-state index in [1.54, 1.807) is 0 Å². The van der Waals surface area contributed by atoms with Gasteiger partial charge in [0.05, 0.1) is 26.2 Å². The lowest BCUT2D eigenvalue weighted by atomic mass is 9.82. The van der Waals surface area contributed by atoms with Crippen molar-refractivity contribution in [2.75, 3.05) is 32.7 Å². The zero-order chi connectivity index (χ0) is 25.9. The molecular formula is C26H42F2N2O3. The summed E-state index contributed by atoms with van der Waals surface area (Å²) in [6.45, 7) is 15.7. The van der Waals surface area contributed by atoms with Crippen LogP contribution in [-0.2, 0) is 4.79 Å². The van der Waals surface area contributed by atoms with E-state index in [4.69, 9.17) is 9.47 Å². The third-order valence-electron chi connectivity index (χ3n) is 5.15. The van der Waals surface area contributed by atoms with Crippen molar-refractivity contribution in [1.29, 1.82) is 0 Å². The molecule has 33 heavy (non-hydrogen) atoms. The smallest absolute Gasteiger partial charge is 0.238 e. The molecule has 1 aromatic rings. The number of carbonyl (C=O) groups is 1. The van der Waals surface area contributed by atoms with Crippen LogP contribution in [0, 0.1) is 17.0 Å². The molecule has 3 rings (SSSR count). The Morgan fingerprint density at radius 2 is 1.58 bits per heavy atom. The van der Waals surface area contributed by atoms with E-state index in [0.29, 0.717) is 12.8 Å². The van der Waals surface area contributed by atoms with Crippen LogP contribution >= 0.6 is 0 Å². The molecule has 1 heterocycles. The molecule has 0 bridgehead atoms. The van der Waals surface area contributed by atoms with Crippen molar-refractivity contribution in [3.63, 3.8) is 0 Å². The number of allylic oxidation sites excluding steroid dienone is 3. The molecule has 1 spiro atoms. The van der Waals surface area contributed by atoms with E-state index < -0.39 is 22.7 Å². The van der Waals surface area contributed by atoms with Crippen LogP contribution in [0.15, 0.2) is 41.5 Å². The number of nitrogens with two attached hydrogens (primary N) is 1. The molecule has 0 unspecified atom stereocenters. The molecule has 2 fully saturated rings. The molecule has 0 radical (unpaired) electrons. The largest absolute Gasteiger partial charge is 0.493 e. The molecule has 188 valence electrons. The molecular weight excluding hydrogens is 426 g/mol. The fraction of sp³-hybridized carbons (Fsp3) is 0.500. The quantitative estimate of drug-likeness (QED) is 0.553. The lowest BCUT2D eigenvalue weighted by molar-refractivity contribution is -0.122. The topological polar surface area (TPSA) is 64.8 Å². The predicted molar refractivity (Wildman–Crippen MR) is 135 cm³/mol. The van der Waals surface area contributed by atoms with Crippen LogP contribution in [0.1, 0.15) is 55.8 Å². The summed E-state index contributed by atoms with van der Waals surface area (Å²) in [4.78, 5) is 14.5. The van der Waals surface area contributed by atoms with Crippen LogP contribution in [-0.4, -0.2) is 33.7 Å². The first kappa shape index (κ1) is 30.3. The minimum absolute atomic E-state index is 0. The first-order chi connectivity index (χ1) is 15.8. The van der Waals surface area contributed by atoms with Crippen molar-refractivity contribution in [3.05, 3.63) is 53.2 Å². The van der Waals surface area contributed by atoms with Gasteiger partial charge in [0.1, 0.15) is 5.69 Å². The third kappa shape index (κ3) is 6.02. The number of rotatable bonds is 4. The van der Waals surface area contributed by atoms with E-state index >= 15 is 0 Å². The van der Waals surface area contributed by atoms with Gasteiger partial charge in [0.15, 0.2) is 23.1 Å². The number of carbonyl (C=O) groups excluding carboxylic acids is 1. The Morgan fingerprint density at radius 1 is 1.12 bits per heavy atom. The molecule has 1 aromatic carbocycles. The predicted octanol–water partition coefficient (Wildman–Crippen LogP) is 6.43. The van der Waals surface area contributed by atoms with E-state index in [2.05, 4.69) is 12.3 Å². The minimum atomic E-state index is -0.914. The Labute approximate surface area is 199 Å². The minimum Gasteiger partial charge on any atom is -0.493 e. The maximum absolute atomic E-state index is 15.0. The second-order valence-electron chi connectivity index (χ2n) is 6.95. The number of halogens is 2. The Morgan fingerprint density at radius 3 is 1.91 bits per heavy atom. The lowest BCUT2D eigenvalue weighted by Gasteiger charge is -2.37. The number of piperidine rings is 1. The van der Waals surface area contributed by atoms with Crippen molar-refractivity contribution >= 4 is 11.6 Å². The summed E-state index contributed by atoms with van der Waals surface area (Å²) in [6.07, 6.45) is 5.06.